The van der Waals surface area contributed by atoms with E-state index in [2.05, 4.69) is 10.2 Å². The number of benzene rings is 1. The predicted molar refractivity (Wildman–Crippen MR) is 61.0 cm³/mol. The summed E-state index contributed by atoms with van der Waals surface area (Å²) in [5.41, 5.74) is 7.37. The van der Waals surface area contributed by atoms with E-state index in [0.717, 1.165) is 11.3 Å². The molecule has 0 aliphatic heterocycles. The van der Waals surface area contributed by atoms with Gasteiger partial charge in [0.05, 0.1) is 0 Å². The second-order valence-electron chi connectivity index (χ2n) is 3.04. The Labute approximate surface area is 88.3 Å². The van der Waals surface area contributed by atoms with E-state index in [-0.39, 0.29) is 0 Å². The molecule has 0 saturated carbocycles. The highest BCUT2D eigenvalue weighted by molar-refractivity contribution is 6.30. The van der Waals surface area contributed by atoms with Crippen molar-refractivity contribution in [2.24, 2.45) is 15.9 Å². The Morgan fingerprint density at radius 1 is 1.14 bits per heavy atom. The number of nitrogens with zero attached hydrogens (tertiary/aromatic N) is 2. The average molecular weight is 210 g/mol. The van der Waals surface area contributed by atoms with Gasteiger partial charge in [-0.25, -0.2) is 0 Å². The number of amidine groups is 1. The molecule has 0 fully saturated rings. The average Bonchev–Trinajstić information content (AvgIpc) is 2.15. The van der Waals surface area contributed by atoms with Crippen LogP contribution >= 0.6 is 11.6 Å². The van der Waals surface area contributed by atoms with Crippen LogP contribution in [0.3, 0.4) is 0 Å². The van der Waals surface area contributed by atoms with Gasteiger partial charge in [-0.15, -0.1) is 5.10 Å². The van der Waals surface area contributed by atoms with Crippen LogP contribution in [0.2, 0.25) is 5.02 Å². The Morgan fingerprint density at radius 2 is 1.71 bits per heavy atom. The second-order valence-corrected chi connectivity index (χ2v) is 3.48. The van der Waals surface area contributed by atoms with Crippen molar-refractivity contribution < 1.29 is 0 Å². The van der Waals surface area contributed by atoms with Crippen LogP contribution in [0.25, 0.3) is 0 Å². The van der Waals surface area contributed by atoms with Gasteiger partial charge in [-0.2, -0.15) is 5.10 Å². The van der Waals surface area contributed by atoms with Crippen molar-refractivity contribution in [3.05, 3.63) is 34.9 Å². The van der Waals surface area contributed by atoms with Gasteiger partial charge in [0.25, 0.3) is 0 Å². The van der Waals surface area contributed by atoms with Gasteiger partial charge in [-0.1, -0.05) is 11.6 Å². The van der Waals surface area contributed by atoms with Crippen LogP contribution in [0.15, 0.2) is 34.5 Å². The van der Waals surface area contributed by atoms with Gasteiger partial charge in [0, 0.05) is 16.3 Å². The van der Waals surface area contributed by atoms with Gasteiger partial charge in [0.15, 0.2) is 5.84 Å². The van der Waals surface area contributed by atoms with Gasteiger partial charge in [0.1, 0.15) is 0 Å². The molecular formula is C10H12ClN3. The minimum absolute atomic E-state index is 0.392. The Bertz CT molecular complexity index is 361. The predicted octanol–water partition coefficient (Wildman–Crippen LogP) is 2.44. The molecule has 0 atom stereocenters. The lowest BCUT2D eigenvalue weighted by atomic mass is 10.2. The van der Waals surface area contributed by atoms with E-state index in [1.165, 1.54) is 0 Å². The molecule has 4 heteroatoms. The molecule has 1 aromatic rings. The van der Waals surface area contributed by atoms with Crippen molar-refractivity contribution >= 4 is 23.1 Å². The summed E-state index contributed by atoms with van der Waals surface area (Å²) in [5, 5.41) is 8.41. The summed E-state index contributed by atoms with van der Waals surface area (Å²) in [6, 6.07) is 7.15. The van der Waals surface area contributed by atoms with E-state index in [1.807, 2.05) is 26.0 Å². The lowest BCUT2D eigenvalue weighted by molar-refractivity contribution is 1.20. The molecule has 14 heavy (non-hydrogen) atoms. The fraction of sp³-hybridized carbons (Fsp3) is 0.200. The van der Waals surface area contributed by atoms with Crippen molar-refractivity contribution in [1.29, 1.82) is 0 Å². The van der Waals surface area contributed by atoms with Crippen LogP contribution in [-0.4, -0.2) is 11.5 Å². The lowest BCUT2D eigenvalue weighted by Gasteiger charge is -1.98. The first-order chi connectivity index (χ1) is 6.59. The lowest BCUT2D eigenvalue weighted by Crippen LogP contribution is -2.12. The van der Waals surface area contributed by atoms with Crippen LogP contribution in [0.1, 0.15) is 19.4 Å². The number of hydrogen-bond donors (Lipinski definition) is 1. The van der Waals surface area contributed by atoms with E-state index in [4.69, 9.17) is 17.3 Å². The Balaban J connectivity index is 2.89. The van der Waals surface area contributed by atoms with Gasteiger partial charge < -0.3 is 5.73 Å². The van der Waals surface area contributed by atoms with Crippen molar-refractivity contribution in [2.75, 3.05) is 0 Å². The first-order valence-electron chi connectivity index (χ1n) is 4.20. The molecule has 0 aliphatic rings. The molecule has 0 radical (unpaired) electrons. The Kier molecular flexibility index (Phi) is 3.65. The zero-order valence-electron chi connectivity index (χ0n) is 8.16. The largest absolute Gasteiger partial charge is 0.382 e. The third-order valence-corrected chi connectivity index (χ3v) is 1.75. The SMILES string of the molecule is CC(C)=NN=C(N)c1ccc(Cl)cc1. The summed E-state index contributed by atoms with van der Waals surface area (Å²) in [4.78, 5) is 0. The number of halogens is 1. The molecule has 0 amide bonds. The molecule has 1 rings (SSSR count). The summed E-state index contributed by atoms with van der Waals surface area (Å²) in [7, 11) is 0. The van der Waals surface area contributed by atoms with E-state index < -0.39 is 0 Å². The first kappa shape index (κ1) is 10.7. The third kappa shape index (κ3) is 3.18. The van der Waals surface area contributed by atoms with Crippen molar-refractivity contribution in [3.8, 4) is 0 Å². The standard InChI is InChI=1S/C10H12ClN3/c1-7(2)13-14-10(12)8-3-5-9(11)6-4-8/h3-6H,1-2H3,(H2,12,14). The minimum atomic E-state index is 0.392. The molecule has 0 spiro atoms. The quantitative estimate of drug-likeness (QED) is 0.454. The van der Waals surface area contributed by atoms with Crippen LogP contribution in [0.5, 0.6) is 0 Å². The van der Waals surface area contributed by atoms with E-state index in [1.54, 1.807) is 12.1 Å². The Morgan fingerprint density at radius 3 is 2.21 bits per heavy atom. The van der Waals surface area contributed by atoms with E-state index >= 15 is 0 Å². The molecule has 74 valence electrons. The summed E-state index contributed by atoms with van der Waals surface area (Å²) in [6.45, 7) is 3.72. The van der Waals surface area contributed by atoms with E-state index in [9.17, 15) is 0 Å². The molecule has 2 N–H and O–H groups in total. The Hall–Kier alpha value is -1.35. The highest BCUT2D eigenvalue weighted by atomic mass is 35.5. The van der Waals surface area contributed by atoms with Crippen LogP contribution in [-0.2, 0) is 0 Å². The van der Waals surface area contributed by atoms with Crippen molar-refractivity contribution in [1.82, 2.24) is 0 Å². The van der Waals surface area contributed by atoms with Crippen LogP contribution in [0.4, 0.5) is 0 Å². The normalized spacial score (nSPS) is 11.2. The molecule has 0 saturated heterocycles. The smallest absolute Gasteiger partial charge is 0.153 e. The fourth-order valence-corrected chi connectivity index (χ4v) is 0.958. The van der Waals surface area contributed by atoms with Crippen LogP contribution < -0.4 is 5.73 Å². The van der Waals surface area contributed by atoms with Gasteiger partial charge in [-0.3, -0.25) is 0 Å². The number of nitrogens with two attached hydrogens (primary N) is 1. The maximum Gasteiger partial charge on any atom is 0.153 e. The second kappa shape index (κ2) is 4.77. The van der Waals surface area contributed by atoms with Crippen LogP contribution in [0, 0.1) is 0 Å². The molecule has 0 heterocycles. The summed E-state index contributed by atoms with van der Waals surface area (Å²) in [6.07, 6.45) is 0. The first-order valence-corrected chi connectivity index (χ1v) is 4.57. The highest BCUT2D eigenvalue weighted by Crippen LogP contribution is 2.09. The summed E-state index contributed by atoms with van der Waals surface area (Å²) < 4.78 is 0. The molecular weight excluding hydrogens is 198 g/mol. The van der Waals surface area contributed by atoms with Gasteiger partial charge in [0.2, 0.25) is 0 Å². The minimum Gasteiger partial charge on any atom is -0.382 e. The number of hydrogen-bond acceptors (Lipinski definition) is 2. The van der Waals surface area contributed by atoms with Crippen molar-refractivity contribution in [2.45, 2.75) is 13.8 Å². The fourth-order valence-electron chi connectivity index (χ4n) is 0.832. The molecule has 0 aliphatic carbocycles. The van der Waals surface area contributed by atoms with Gasteiger partial charge >= 0.3 is 0 Å². The molecule has 1 aromatic carbocycles. The zero-order valence-corrected chi connectivity index (χ0v) is 8.92. The maximum absolute atomic E-state index is 5.74. The molecule has 0 unspecified atom stereocenters. The molecule has 3 nitrogen and oxygen atoms in total. The number of rotatable bonds is 2. The molecule has 0 bridgehead atoms. The van der Waals surface area contributed by atoms with Gasteiger partial charge in [-0.05, 0) is 38.1 Å². The topological polar surface area (TPSA) is 50.7 Å². The summed E-state index contributed by atoms with van der Waals surface area (Å²) >= 11 is 5.74. The van der Waals surface area contributed by atoms with E-state index in [0.29, 0.717) is 10.9 Å². The third-order valence-electron chi connectivity index (χ3n) is 1.50. The molecule has 0 aromatic heterocycles. The maximum atomic E-state index is 5.74. The summed E-state index contributed by atoms with van der Waals surface area (Å²) in [5.74, 6) is 0.392. The zero-order chi connectivity index (χ0) is 10.6. The monoisotopic (exact) mass is 209 g/mol. The van der Waals surface area contributed by atoms with Crippen molar-refractivity contribution in [3.63, 3.8) is 0 Å². The highest BCUT2D eigenvalue weighted by Gasteiger charge is 1.96.